The fourth-order valence-electron chi connectivity index (χ4n) is 2.70. The summed E-state index contributed by atoms with van der Waals surface area (Å²) in [6, 6.07) is 11.6. The Morgan fingerprint density at radius 2 is 1.92 bits per heavy atom. The molecule has 0 aliphatic rings. The quantitative estimate of drug-likeness (QED) is 0.772. The second-order valence-electron chi connectivity index (χ2n) is 6.16. The summed E-state index contributed by atoms with van der Waals surface area (Å²) in [7, 11) is -3.63. The van der Waals surface area contributed by atoms with Gasteiger partial charge in [0.2, 0.25) is 10.0 Å². The highest BCUT2D eigenvalue weighted by molar-refractivity contribution is 7.89. The molecule has 0 saturated carbocycles. The normalized spacial score (nSPS) is 12.2. The SMILES string of the molecule is Cc1ccc2ccccc2c1S(=O)(=O)NCc1cn(C(C)C)cn1. The number of hydrogen-bond acceptors (Lipinski definition) is 3. The van der Waals surface area contributed by atoms with Gasteiger partial charge in [0.25, 0.3) is 0 Å². The molecule has 5 nitrogen and oxygen atoms in total. The van der Waals surface area contributed by atoms with Crippen molar-refractivity contribution in [3.8, 4) is 0 Å². The molecule has 3 aromatic rings. The maximum absolute atomic E-state index is 12.8. The van der Waals surface area contributed by atoms with E-state index in [1.54, 1.807) is 6.33 Å². The van der Waals surface area contributed by atoms with Crippen LogP contribution in [0.4, 0.5) is 0 Å². The van der Waals surface area contributed by atoms with Crippen LogP contribution in [0.15, 0.2) is 53.8 Å². The van der Waals surface area contributed by atoms with E-state index in [0.717, 1.165) is 16.3 Å². The Morgan fingerprint density at radius 3 is 2.62 bits per heavy atom. The van der Waals surface area contributed by atoms with Crippen LogP contribution in [0.5, 0.6) is 0 Å². The van der Waals surface area contributed by atoms with Crippen LogP contribution >= 0.6 is 0 Å². The second-order valence-corrected chi connectivity index (χ2v) is 7.87. The van der Waals surface area contributed by atoms with Crippen molar-refractivity contribution in [1.82, 2.24) is 14.3 Å². The number of aromatic nitrogens is 2. The molecule has 1 heterocycles. The molecule has 2 aromatic carbocycles. The first-order chi connectivity index (χ1) is 11.4. The lowest BCUT2D eigenvalue weighted by atomic mass is 10.1. The molecule has 6 heteroatoms. The van der Waals surface area contributed by atoms with E-state index in [1.807, 2.05) is 54.1 Å². The minimum Gasteiger partial charge on any atom is -0.335 e. The van der Waals surface area contributed by atoms with Gasteiger partial charge in [-0.2, -0.15) is 0 Å². The summed E-state index contributed by atoms with van der Waals surface area (Å²) in [5.74, 6) is 0. The predicted molar refractivity (Wildman–Crippen MR) is 95.3 cm³/mol. The number of fused-ring (bicyclic) bond motifs is 1. The van der Waals surface area contributed by atoms with E-state index in [2.05, 4.69) is 23.6 Å². The second kappa shape index (κ2) is 6.37. The number of sulfonamides is 1. The monoisotopic (exact) mass is 343 g/mol. The molecule has 0 spiro atoms. The lowest BCUT2D eigenvalue weighted by Gasteiger charge is -2.12. The summed E-state index contributed by atoms with van der Waals surface area (Å²) in [4.78, 5) is 4.59. The summed E-state index contributed by atoms with van der Waals surface area (Å²) >= 11 is 0. The van der Waals surface area contributed by atoms with E-state index in [1.165, 1.54) is 0 Å². The van der Waals surface area contributed by atoms with Crippen molar-refractivity contribution < 1.29 is 8.42 Å². The molecule has 126 valence electrons. The Balaban J connectivity index is 1.92. The summed E-state index contributed by atoms with van der Waals surface area (Å²) in [5, 5.41) is 1.64. The van der Waals surface area contributed by atoms with E-state index < -0.39 is 10.0 Å². The molecule has 3 rings (SSSR count). The van der Waals surface area contributed by atoms with Crippen LogP contribution in [0.3, 0.4) is 0 Å². The largest absolute Gasteiger partial charge is 0.335 e. The molecule has 24 heavy (non-hydrogen) atoms. The van der Waals surface area contributed by atoms with Crippen molar-refractivity contribution in [2.75, 3.05) is 0 Å². The molecule has 0 saturated heterocycles. The zero-order valence-corrected chi connectivity index (χ0v) is 14.8. The molecule has 0 amide bonds. The van der Waals surface area contributed by atoms with Gasteiger partial charge in [0.15, 0.2) is 0 Å². The highest BCUT2D eigenvalue weighted by Gasteiger charge is 2.20. The number of rotatable bonds is 5. The van der Waals surface area contributed by atoms with Gasteiger partial charge >= 0.3 is 0 Å². The zero-order chi connectivity index (χ0) is 17.3. The highest BCUT2D eigenvalue weighted by atomic mass is 32.2. The minimum atomic E-state index is -3.63. The van der Waals surface area contributed by atoms with Gasteiger partial charge < -0.3 is 4.57 Å². The van der Waals surface area contributed by atoms with Gasteiger partial charge in [0.05, 0.1) is 23.5 Å². The first-order valence-corrected chi connectivity index (χ1v) is 9.37. The average Bonchev–Trinajstić information content (AvgIpc) is 3.02. The summed E-state index contributed by atoms with van der Waals surface area (Å²) in [6.07, 6.45) is 3.58. The molecule has 0 aliphatic carbocycles. The maximum atomic E-state index is 12.8. The number of nitrogens with zero attached hydrogens (tertiary/aromatic N) is 2. The molecular weight excluding hydrogens is 322 g/mol. The third-order valence-corrected chi connectivity index (χ3v) is 5.64. The van der Waals surface area contributed by atoms with Gasteiger partial charge in [-0.05, 0) is 31.7 Å². The fourth-order valence-corrected chi connectivity index (χ4v) is 4.15. The Labute approximate surface area is 142 Å². The molecule has 1 aromatic heterocycles. The molecule has 0 fully saturated rings. The lowest BCUT2D eigenvalue weighted by Crippen LogP contribution is -2.24. The average molecular weight is 343 g/mol. The summed E-state index contributed by atoms with van der Waals surface area (Å²) in [5.41, 5.74) is 1.43. The van der Waals surface area contributed by atoms with E-state index >= 15 is 0 Å². The first kappa shape index (κ1) is 16.7. The van der Waals surface area contributed by atoms with E-state index in [9.17, 15) is 8.42 Å². The van der Waals surface area contributed by atoms with Crippen LogP contribution < -0.4 is 4.72 Å². The topological polar surface area (TPSA) is 64.0 Å². The molecule has 0 unspecified atom stereocenters. The third-order valence-electron chi connectivity index (χ3n) is 4.04. The Bertz CT molecular complexity index is 975. The smallest absolute Gasteiger partial charge is 0.241 e. The predicted octanol–water partition coefficient (Wildman–Crippen LogP) is 3.40. The highest BCUT2D eigenvalue weighted by Crippen LogP contribution is 2.26. The number of benzene rings is 2. The van der Waals surface area contributed by atoms with Crippen LogP contribution in [-0.2, 0) is 16.6 Å². The molecule has 0 atom stereocenters. The van der Waals surface area contributed by atoms with Crippen LogP contribution in [-0.4, -0.2) is 18.0 Å². The van der Waals surface area contributed by atoms with Gasteiger partial charge in [-0.3, -0.25) is 0 Å². The molecule has 1 N–H and O–H groups in total. The molecule has 0 aliphatic heterocycles. The van der Waals surface area contributed by atoms with Gasteiger partial charge in [-0.1, -0.05) is 36.4 Å². The molecule has 0 radical (unpaired) electrons. The minimum absolute atomic E-state index is 0.171. The van der Waals surface area contributed by atoms with Crippen LogP contribution in [0.2, 0.25) is 0 Å². The zero-order valence-electron chi connectivity index (χ0n) is 14.0. The first-order valence-electron chi connectivity index (χ1n) is 7.89. The van der Waals surface area contributed by atoms with Crippen molar-refractivity contribution in [2.24, 2.45) is 0 Å². The van der Waals surface area contributed by atoms with Gasteiger partial charge in [-0.15, -0.1) is 0 Å². The summed E-state index contributed by atoms with van der Waals surface area (Å²) < 4.78 is 30.3. The van der Waals surface area contributed by atoms with Crippen LogP contribution in [0.25, 0.3) is 10.8 Å². The maximum Gasteiger partial charge on any atom is 0.241 e. The number of hydrogen-bond donors (Lipinski definition) is 1. The van der Waals surface area contributed by atoms with Crippen molar-refractivity contribution in [1.29, 1.82) is 0 Å². The Hall–Kier alpha value is -2.18. The third kappa shape index (κ3) is 3.20. The van der Waals surface area contributed by atoms with Gasteiger partial charge in [0.1, 0.15) is 0 Å². The van der Waals surface area contributed by atoms with E-state index in [4.69, 9.17) is 0 Å². The van der Waals surface area contributed by atoms with Crippen molar-refractivity contribution >= 4 is 20.8 Å². The summed E-state index contributed by atoms with van der Waals surface area (Å²) in [6.45, 7) is 6.09. The van der Waals surface area contributed by atoms with Crippen molar-refractivity contribution in [3.63, 3.8) is 0 Å². The number of imidazole rings is 1. The number of nitrogens with one attached hydrogen (secondary N) is 1. The Kier molecular flexibility index (Phi) is 4.43. The van der Waals surface area contributed by atoms with Crippen molar-refractivity contribution in [3.05, 3.63) is 60.2 Å². The van der Waals surface area contributed by atoms with Gasteiger partial charge in [0, 0.05) is 17.6 Å². The van der Waals surface area contributed by atoms with E-state index in [0.29, 0.717) is 16.6 Å². The van der Waals surface area contributed by atoms with Crippen molar-refractivity contribution in [2.45, 2.75) is 38.3 Å². The number of aryl methyl sites for hydroxylation is 1. The Morgan fingerprint density at radius 1 is 1.17 bits per heavy atom. The van der Waals surface area contributed by atoms with Crippen LogP contribution in [0.1, 0.15) is 31.1 Å². The van der Waals surface area contributed by atoms with Gasteiger partial charge in [-0.25, -0.2) is 18.1 Å². The van der Waals surface area contributed by atoms with Crippen LogP contribution in [0, 0.1) is 6.92 Å². The molecular formula is C18H21N3O2S. The molecule has 0 bridgehead atoms. The fraction of sp³-hybridized carbons (Fsp3) is 0.278. The standard InChI is InChI=1S/C18H21N3O2S/c1-13(2)21-11-16(19-12-21)10-20-24(22,23)18-14(3)8-9-15-6-4-5-7-17(15)18/h4-9,11-13,20H,10H2,1-3H3. The lowest BCUT2D eigenvalue weighted by molar-refractivity contribution is 0.580. The van der Waals surface area contributed by atoms with E-state index in [-0.39, 0.29) is 6.54 Å².